The van der Waals surface area contributed by atoms with Gasteiger partial charge in [0.2, 0.25) is 10.0 Å². The Morgan fingerprint density at radius 3 is 2.17 bits per heavy atom. The van der Waals surface area contributed by atoms with Crippen LogP contribution in [0.25, 0.3) is 0 Å². The molecule has 0 aliphatic carbocycles. The van der Waals surface area contributed by atoms with Gasteiger partial charge in [0, 0.05) is 37.6 Å². The lowest BCUT2D eigenvalue weighted by Gasteiger charge is -2.14. The summed E-state index contributed by atoms with van der Waals surface area (Å²) in [5, 5.41) is 0. The highest BCUT2D eigenvalue weighted by Crippen LogP contribution is 2.29. The Kier molecular flexibility index (Phi) is 8.39. The maximum absolute atomic E-state index is 12.6. The van der Waals surface area contributed by atoms with Gasteiger partial charge in [0.25, 0.3) is 11.8 Å². The molecule has 0 bridgehead atoms. The van der Waals surface area contributed by atoms with Gasteiger partial charge in [0.05, 0.1) is 11.5 Å². The Hall–Kier alpha value is -3.96. The summed E-state index contributed by atoms with van der Waals surface area (Å²) in [6, 6.07) is 13.8. The number of carbonyl (C=O) groups excluding carboxylic acids is 2. The van der Waals surface area contributed by atoms with Crippen molar-refractivity contribution >= 4 is 21.8 Å². The lowest BCUT2D eigenvalue weighted by Crippen LogP contribution is -2.41. The van der Waals surface area contributed by atoms with E-state index in [1.165, 1.54) is 50.5 Å². The number of nitrogens with zero attached hydrogens (tertiary/aromatic N) is 2. The lowest BCUT2D eigenvalue weighted by molar-refractivity contribution is 0.0846. The van der Waals surface area contributed by atoms with Gasteiger partial charge in [-0.3, -0.25) is 25.4 Å². The summed E-state index contributed by atoms with van der Waals surface area (Å²) in [4.78, 5) is 29.0. The fraction of sp³-hybridized carbons (Fsp3) is 0.208. The minimum atomic E-state index is -3.71. The molecule has 0 saturated carbocycles. The molecule has 10 nitrogen and oxygen atoms in total. The van der Waals surface area contributed by atoms with Crippen molar-refractivity contribution in [3.63, 3.8) is 0 Å². The zero-order valence-corrected chi connectivity index (χ0v) is 20.3. The molecule has 0 radical (unpaired) electrons. The van der Waals surface area contributed by atoms with Gasteiger partial charge in [-0.05, 0) is 61.0 Å². The number of hydrogen-bond acceptors (Lipinski definition) is 7. The first-order valence-corrected chi connectivity index (χ1v) is 12.1. The maximum atomic E-state index is 12.6. The van der Waals surface area contributed by atoms with Crippen molar-refractivity contribution in [2.24, 2.45) is 0 Å². The van der Waals surface area contributed by atoms with Gasteiger partial charge in [0.1, 0.15) is 6.61 Å². The smallest absolute Gasteiger partial charge is 0.269 e. The number of benzene rings is 2. The molecule has 1 heterocycles. The molecule has 0 aliphatic rings. The highest BCUT2D eigenvalue weighted by Gasteiger charge is 2.19. The van der Waals surface area contributed by atoms with Gasteiger partial charge in [0.15, 0.2) is 11.5 Å². The van der Waals surface area contributed by atoms with E-state index in [0.717, 1.165) is 9.87 Å². The van der Waals surface area contributed by atoms with E-state index in [2.05, 4.69) is 15.8 Å². The highest BCUT2D eigenvalue weighted by atomic mass is 32.2. The number of ether oxygens (including phenoxy) is 2. The Morgan fingerprint density at radius 1 is 0.886 bits per heavy atom. The minimum Gasteiger partial charge on any atom is -0.490 e. The first kappa shape index (κ1) is 25.7. The van der Waals surface area contributed by atoms with E-state index >= 15 is 0 Å². The molecule has 0 unspecified atom stereocenters. The van der Waals surface area contributed by atoms with Gasteiger partial charge in [-0.1, -0.05) is 6.07 Å². The average Bonchev–Trinajstić information content (AvgIpc) is 2.87. The number of aromatic nitrogens is 1. The fourth-order valence-corrected chi connectivity index (χ4v) is 3.89. The SMILES string of the molecule is CCOc1cc(C(=O)NNC(=O)c2cccc(S(=O)(=O)N(C)C)c2)ccc1OCc1ccncc1. The van der Waals surface area contributed by atoms with Gasteiger partial charge < -0.3 is 9.47 Å². The fourth-order valence-electron chi connectivity index (χ4n) is 2.94. The molecule has 1 aromatic heterocycles. The third kappa shape index (κ3) is 6.55. The van der Waals surface area contributed by atoms with Crippen LogP contribution in [0.4, 0.5) is 0 Å². The molecule has 2 aromatic carbocycles. The summed E-state index contributed by atoms with van der Waals surface area (Å²) in [6.45, 7) is 2.47. The van der Waals surface area contributed by atoms with Crippen molar-refractivity contribution in [2.75, 3.05) is 20.7 Å². The van der Waals surface area contributed by atoms with E-state index in [-0.39, 0.29) is 16.0 Å². The quantitative estimate of drug-likeness (QED) is 0.434. The van der Waals surface area contributed by atoms with E-state index in [0.29, 0.717) is 24.7 Å². The predicted molar refractivity (Wildman–Crippen MR) is 128 cm³/mol. The molecule has 3 aromatic rings. The summed E-state index contributed by atoms with van der Waals surface area (Å²) in [5.41, 5.74) is 5.84. The zero-order valence-electron chi connectivity index (χ0n) is 19.5. The van der Waals surface area contributed by atoms with Gasteiger partial charge in [-0.25, -0.2) is 12.7 Å². The predicted octanol–water partition coefficient (Wildman–Crippen LogP) is 2.38. The molecule has 0 atom stereocenters. The second-order valence-electron chi connectivity index (χ2n) is 7.46. The van der Waals surface area contributed by atoms with E-state index in [1.54, 1.807) is 18.5 Å². The molecule has 11 heteroatoms. The van der Waals surface area contributed by atoms with Crippen molar-refractivity contribution in [1.82, 2.24) is 20.1 Å². The van der Waals surface area contributed by atoms with Gasteiger partial charge >= 0.3 is 0 Å². The van der Waals surface area contributed by atoms with Gasteiger partial charge in [-0.2, -0.15) is 0 Å². The maximum Gasteiger partial charge on any atom is 0.269 e. The second-order valence-corrected chi connectivity index (χ2v) is 9.61. The highest BCUT2D eigenvalue weighted by molar-refractivity contribution is 7.89. The van der Waals surface area contributed by atoms with Crippen molar-refractivity contribution in [3.8, 4) is 11.5 Å². The molecule has 0 saturated heterocycles. The summed E-state index contributed by atoms with van der Waals surface area (Å²) < 4.78 is 37.1. The van der Waals surface area contributed by atoms with E-state index < -0.39 is 21.8 Å². The molecule has 2 N–H and O–H groups in total. The van der Waals surface area contributed by atoms with Crippen LogP contribution in [0.15, 0.2) is 71.9 Å². The zero-order chi connectivity index (χ0) is 25.4. The summed E-state index contributed by atoms with van der Waals surface area (Å²) >= 11 is 0. The molecule has 0 fully saturated rings. The lowest BCUT2D eigenvalue weighted by atomic mass is 10.2. The summed E-state index contributed by atoms with van der Waals surface area (Å²) in [6.07, 6.45) is 3.34. The third-order valence-corrected chi connectivity index (χ3v) is 6.62. The molecule has 35 heavy (non-hydrogen) atoms. The first-order valence-electron chi connectivity index (χ1n) is 10.6. The second kappa shape index (κ2) is 11.4. The largest absolute Gasteiger partial charge is 0.490 e. The number of carbonyl (C=O) groups is 2. The summed E-state index contributed by atoms with van der Waals surface area (Å²) in [7, 11) is -0.913. The van der Waals surface area contributed by atoms with Crippen LogP contribution in [0.5, 0.6) is 11.5 Å². The first-order chi connectivity index (χ1) is 16.7. The molecule has 0 spiro atoms. The number of hydrogen-bond donors (Lipinski definition) is 2. The van der Waals surface area contributed by atoms with Crippen LogP contribution in [0, 0.1) is 0 Å². The topological polar surface area (TPSA) is 127 Å². The standard InChI is InChI=1S/C24H26N4O6S/c1-4-33-22-15-19(8-9-21(22)34-16-17-10-12-25-13-11-17)24(30)27-26-23(29)18-6-5-7-20(14-18)35(31,32)28(2)3/h5-15H,4,16H2,1-3H3,(H,26,29)(H,27,30). The monoisotopic (exact) mass is 498 g/mol. The molecule has 3 rings (SSSR count). The van der Waals surface area contributed by atoms with E-state index in [1.807, 2.05) is 19.1 Å². The molecular formula is C24H26N4O6S. The third-order valence-electron chi connectivity index (χ3n) is 4.81. The van der Waals surface area contributed by atoms with Crippen LogP contribution >= 0.6 is 0 Å². The number of hydrazine groups is 1. The number of amides is 2. The Bertz CT molecular complexity index is 1300. The van der Waals surface area contributed by atoms with Crippen LogP contribution in [-0.2, 0) is 16.6 Å². The van der Waals surface area contributed by atoms with Crippen LogP contribution in [-0.4, -0.2) is 50.2 Å². The normalized spacial score (nSPS) is 11.1. The number of nitrogens with one attached hydrogen (secondary N) is 2. The van der Waals surface area contributed by atoms with Crippen molar-refractivity contribution < 1.29 is 27.5 Å². The molecule has 184 valence electrons. The summed E-state index contributed by atoms with van der Waals surface area (Å²) in [5.74, 6) is -0.418. The number of rotatable bonds is 9. The van der Waals surface area contributed by atoms with Crippen molar-refractivity contribution in [2.45, 2.75) is 18.4 Å². The number of pyridine rings is 1. The molecular weight excluding hydrogens is 472 g/mol. The van der Waals surface area contributed by atoms with Gasteiger partial charge in [-0.15, -0.1) is 0 Å². The number of sulfonamides is 1. The Morgan fingerprint density at radius 2 is 1.54 bits per heavy atom. The Labute approximate surface area is 203 Å². The van der Waals surface area contributed by atoms with E-state index in [4.69, 9.17) is 9.47 Å². The van der Waals surface area contributed by atoms with Crippen molar-refractivity contribution in [3.05, 3.63) is 83.7 Å². The van der Waals surface area contributed by atoms with E-state index in [9.17, 15) is 18.0 Å². The van der Waals surface area contributed by atoms with Crippen LogP contribution in [0.2, 0.25) is 0 Å². The minimum absolute atomic E-state index is 0.0369. The Balaban J connectivity index is 1.67. The van der Waals surface area contributed by atoms with Crippen LogP contribution in [0.3, 0.4) is 0 Å². The molecule has 2 amide bonds. The average molecular weight is 499 g/mol. The molecule has 0 aliphatic heterocycles. The van der Waals surface area contributed by atoms with Crippen LogP contribution < -0.4 is 20.3 Å². The van der Waals surface area contributed by atoms with Crippen LogP contribution in [0.1, 0.15) is 33.2 Å². The van der Waals surface area contributed by atoms with Crippen molar-refractivity contribution in [1.29, 1.82) is 0 Å².